The van der Waals surface area contributed by atoms with E-state index in [9.17, 15) is 0 Å². The number of methoxy groups -OCH3 is 2. The van der Waals surface area contributed by atoms with Crippen LogP contribution < -0.4 is 20.1 Å². The molecule has 0 aliphatic carbocycles. The smallest absolute Gasteiger partial charge is 0.162 e. The summed E-state index contributed by atoms with van der Waals surface area (Å²) in [6.45, 7) is 6.17. The number of aryl methyl sites for hydroxylation is 1. The van der Waals surface area contributed by atoms with Crippen molar-refractivity contribution in [1.82, 2.24) is 9.97 Å². The third kappa shape index (κ3) is 3.88. The number of aromatic nitrogens is 2. The van der Waals surface area contributed by atoms with E-state index < -0.39 is 0 Å². The lowest BCUT2D eigenvalue weighted by molar-refractivity contribution is 0.355. The van der Waals surface area contributed by atoms with Crippen molar-refractivity contribution in [2.45, 2.75) is 6.92 Å². The first-order valence-electron chi connectivity index (χ1n) is 6.85. The predicted octanol–water partition coefficient (Wildman–Crippen LogP) is 3.14. The van der Waals surface area contributed by atoms with E-state index in [1.807, 2.05) is 31.2 Å². The van der Waals surface area contributed by atoms with Gasteiger partial charge in [0.25, 0.3) is 0 Å². The molecule has 0 saturated heterocycles. The van der Waals surface area contributed by atoms with Gasteiger partial charge < -0.3 is 20.1 Å². The number of nitrogens with one attached hydrogen (secondary N) is 2. The van der Waals surface area contributed by atoms with E-state index in [1.54, 1.807) is 20.3 Å². The molecule has 0 amide bonds. The van der Waals surface area contributed by atoms with Crippen molar-refractivity contribution in [3.05, 3.63) is 42.7 Å². The Morgan fingerprint density at radius 2 is 1.82 bits per heavy atom. The van der Waals surface area contributed by atoms with Crippen LogP contribution in [0.25, 0.3) is 0 Å². The number of rotatable bonds is 7. The standard InChI is InChI=1S/C16H20N4O2/c1-5-8-17-15-10-16(19-11(2)18-15)20-12-6-7-13(21-3)14(9-12)22-4/h5-7,9-10H,1,8H2,2-4H3,(H2,17,18,19,20). The average Bonchev–Trinajstić information content (AvgIpc) is 2.52. The van der Waals surface area contributed by atoms with Gasteiger partial charge in [-0.05, 0) is 19.1 Å². The van der Waals surface area contributed by atoms with Crippen molar-refractivity contribution < 1.29 is 9.47 Å². The number of anilines is 3. The van der Waals surface area contributed by atoms with E-state index in [4.69, 9.17) is 9.47 Å². The Morgan fingerprint density at radius 1 is 1.09 bits per heavy atom. The molecule has 0 spiro atoms. The fourth-order valence-electron chi connectivity index (χ4n) is 1.96. The first-order chi connectivity index (χ1) is 10.7. The summed E-state index contributed by atoms with van der Waals surface area (Å²) in [5.41, 5.74) is 0.852. The number of hydrogen-bond acceptors (Lipinski definition) is 6. The number of ether oxygens (including phenoxy) is 2. The van der Waals surface area contributed by atoms with Gasteiger partial charge in [0, 0.05) is 24.4 Å². The summed E-state index contributed by atoms with van der Waals surface area (Å²) in [7, 11) is 3.21. The van der Waals surface area contributed by atoms with Gasteiger partial charge in [0.1, 0.15) is 17.5 Å². The molecule has 1 heterocycles. The van der Waals surface area contributed by atoms with Crippen LogP contribution in [0, 0.1) is 6.92 Å². The minimum Gasteiger partial charge on any atom is -0.493 e. The van der Waals surface area contributed by atoms with Crippen LogP contribution in [0.4, 0.5) is 17.3 Å². The minimum absolute atomic E-state index is 0.645. The Bertz CT molecular complexity index is 659. The van der Waals surface area contributed by atoms with Crippen LogP contribution in [0.3, 0.4) is 0 Å². The molecule has 0 radical (unpaired) electrons. The van der Waals surface area contributed by atoms with Crippen LogP contribution in [0.5, 0.6) is 11.5 Å². The molecule has 6 nitrogen and oxygen atoms in total. The highest BCUT2D eigenvalue weighted by molar-refractivity contribution is 5.63. The van der Waals surface area contributed by atoms with Gasteiger partial charge in [-0.2, -0.15) is 0 Å². The summed E-state index contributed by atoms with van der Waals surface area (Å²) in [5.74, 6) is 3.46. The van der Waals surface area contributed by atoms with Gasteiger partial charge in [-0.15, -0.1) is 6.58 Å². The van der Waals surface area contributed by atoms with Gasteiger partial charge in [0.2, 0.25) is 0 Å². The molecular weight excluding hydrogens is 280 g/mol. The molecule has 1 aromatic heterocycles. The topological polar surface area (TPSA) is 68.3 Å². The van der Waals surface area contributed by atoms with Crippen molar-refractivity contribution in [3.8, 4) is 11.5 Å². The minimum atomic E-state index is 0.645. The second-order valence-corrected chi connectivity index (χ2v) is 4.55. The quantitative estimate of drug-likeness (QED) is 0.766. The van der Waals surface area contributed by atoms with Gasteiger partial charge in [-0.25, -0.2) is 9.97 Å². The maximum atomic E-state index is 5.29. The summed E-state index contributed by atoms with van der Waals surface area (Å²) in [5, 5.41) is 6.38. The summed E-state index contributed by atoms with van der Waals surface area (Å²) >= 11 is 0. The highest BCUT2D eigenvalue weighted by Crippen LogP contribution is 2.31. The largest absolute Gasteiger partial charge is 0.493 e. The van der Waals surface area contributed by atoms with Crippen LogP contribution in [0.1, 0.15) is 5.82 Å². The SMILES string of the molecule is C=CCNc1cc(Nc2ccc(OC)c(OC)c2)nc(C)n1. The van der Waals surface area contributed by atoms with Gasteiger partial charge in [0.05, 0.1) is 14.2 Å². The molecule has 0 unspecified atom stereocenters. The van der Waals surface area contributed by atoms with E-state index in [0.29, 0.717) is 29.7 Å². The zero-order valence-electron chi connectivity index (χ0n) is 13.0. The summed E-state index contributed by atoms with van der Waals surface area (Å²) in [6.07, 6.45) is 1.78. The molecule has 0 aliphatic rings. The summed E-state index contributed by atoms with van der Waals surface area (Å²) in [4.78, 5) is 8.69. The third-order valence-electron chi connectivity index (χ3n) is 2.92. The lowest BCUT2D eigenvalue weighted by Crippen LogP contribution is -2.04. The summed E-state index contributed by atoms with van der Waals surface area (Å²) < 4.78 is 10.5. The fourth-order valence-corrected chi connectivity index (χ4v) is 1.96. The van der Waals surface area contributed by atoms with Crippen molar-refractivity contribution in [2.75, 3.05) is 31.4 Å². The molecule has 0 aliphatic heterocycles. The van der Waals surface area contributed by atoms with Gasteiger partial charge in [0.15, 0.2) is 11.5 Å². The zero-order valence-corrected chi connectivity index (χ0v) is 13.0. The Kier molecular flexibility index (Phi) is 5.19. The maximum Gasteiger partial charge on any atom is 0.162 e. The molecule has 1 aromatic carbocycles. The third-order valence-corrected chi connectivity index (χ3v) is 2.92. The van der Waals surface area contributed by atoms with E-state index in [0.717, 1.165) is 11.5 Å². The first kappa shape index (κ1) is 15.6. The average molecular weight is 300 g/mol. The monoisotopic (exact) mass is 300 g/mol. The normalized spacial score (nSPS) is 9.95. The van der Waals surface area contributed by atoms with Gasteiger partial charge in [-0.1, -0.05) is 6.08 Å². The van der Waals surface area contributed by atoms with Crippen molar-refractivity contribution >= 4 is 17.3 Å². The number of nitrogens with zero attached hydrogens (tertiary/aromatic N) is 2. The summed E-state index contributed by atoms with van der Waals surface area (Å²) in [6, 6.07) is 7.43. The molecule has 116 valence electrons. The van der Waals surface area contributed by atoms with Gasteiger partial charge >= 0.3 is 0 Å². The van der Waals surface area contributed by atoms with Crippen molar-refractivity contribution in [3.63, 3.8) is 0 Å². The van der Waals surface area contributed by atoms with Crippen LogP contribution in [-0.2, 0) is 0 Å². The first-order valence-corrected chi connectivity index (χ1v) is 6.85. The van der Waals surface area contributed by atoms with Crippen LogP contribution >= 0.6 is 0 Å². The van der Waals surface area contributed by atoms with E-state index in [1.165, 1.54) is 0 Å². The number of benzene rings is 1. The van der Waals surface area contributed by atoms with E-state index in [2.05, 4.69) is 27.2 Å². The lowest BCUT2D eigenvalue weighted by atomic mass is 10.2. The molecule has 0 saturated carbocycles. The Balaban J connectivity index is 2.22. The zero-order chi connectivity index (χ0) is 15.9. The highest BCUT2D eigenvalue weighted by Gasteiger charge is 2.06. The Hall–Kier alpha value is -2.76. The molecule has 2 rings (SSSR count). The van der Waals surface area contributed by atoms with Crippen molar-refractivity contribution in [1.29, 1.82) is 0 Å². The highest BCUT2D eigenvalue weighted by atomic mass is 16.5. The molecule has 2 N–H and O–H groups in total. The lowest BCUT2D eigenvalue weighted by Gasteiger charge is -2.12. The molecule has 0 bridgehead atoms. The second kappa shape index (κ2) is 7.31. The molecule has 0 fully saturated rings. The number of hydrogen-bond donors (Lipinski definition) is 2. The molecule has 6 heteroatoms. The van der Waals surface area contributed by atoms with Gasteiger partial charge in [-0.3, -0.25) is 0 Å². The van der Waals surface area contributed by atoms with Crippen LogP contribution in [0.15, 0.2) is 36.9 Å². The van der Waals surface area contributed by atoms with Crippen LogP contribution in [0.2, 0.25) is 0 Å². The molecular formula is C16H20N4O2. The maximum absolute atomic E-state index is 5.29. The fraction of sp³-hybridized carbons (Fsp3) is 0.250. The molecule has 2 aromatic rings. The Morgan fingerprint density at radius 3 is 2.50 bits per heavy atom. The van der Waals surface area contributed by atoms with E-state index >= 15 is 0 Å². The van der Waals surface area contributed by atoms with E-state index in [-0.39, 0.29) is 0 Å². The second-order valence-electron chi connectivity index (χ2n) is 4.55. The predicted molar refractivity (Wildman–Crippen MR) is 88.3 cm³/mol. The molecule has 22 heavy (non-hydrogen) atoms. The van der Waals surface area contributed by atoms with Crippen LogP contribution in [-0.4, -0.2) is 30.7 Å². The Labute approximate surface area is 130 Å². The van der Waals surface area contributed by atoms with Crippen molar-refractivity contribution in [2.24, 2.45) is 0 Å². The molecule has 0 atom stereocenters.